The van der Waals surface area contributed by atoms with Gasteiger partial charge in [0.05, 0.1) is 6.10 Å². The lowest BCUT2D eigenvalue weighted by Crippen LogP contribution is -1.98. The van der Waals surface area contributed by atoms with Crippen LogP contribution < -0.4 is 5.73 Å². The molecule has 0 saturated carbocycles. The summed E-state index contributed by atoms with van der Waals surface area (Å²) >= 11 is 0. The summed E-state index contributed by atoms with van der Waals surface area (Å²) in [5.74, 6) is 0. The predicted molar refractivity (Wildman–Crippen MR) is 92.3 cm³/mol. The van der Waals surface area contributed by atoms with E-state index in [0.717, 1.165) is 24.1 Å². The van der Waals surface area contributed by atoms with Crippen LogP contribution in [0.15, 0.2) is 24.3 Å². The molecular weight excluding hydrogens is 258 g/mol. The van der Waals surface area contributed by atoms with E-state index in [4.69, 9.17) is 5.73 Å². The molecule has 1 aromatic rings. The minimum Gasteiger partial charge on any atom is -0.399 e. The number of anilines is 1. The summed E-state index contributed by atoms with van der Waals surface area (Å²) in [6.07, 6.45) is 13.8. The summed E-state index contributed by atoms with van der Waals surface area (Å²) in [7, 11) is 0. The van der Waals surface area contributed by atoms with Crippen LogP contribution in [0.3, 0.4) is 0 Å². The number of rotatable bonds is 12. The van der Waals surface area contributed by atoms with Crippen molar-refractivity contribution in [1.29, 1.82) is 0 Å². The van der Waals surface area contributed by atoms with Crippen LogP contribution in [0.25, 0.3) is 0 Å². The quantitative estimate of drug-likeness (QED) is 0.388. The van der Waals surface area contributed by atoms with Gasteiger partial charge in [-0.15, -0.1) is 0 Å². The fourth-order valence-corrected chi connectivity index (χ4v) is 2.76. The van der Waals surface area contributed by atoms with Gasteiger partial charge in [0.2, 0.25) is 0 Å². The van der Waals surface area contributed by atoms with Crippen LogP contribution in [0, 0.1) is 0 Å². The zero-order chi connectivity index (χ0) is 15.3. The third-order valence-electron chi connectivity index (χ3n) is 4.13. The van der Waals surface area contributed by atoms with Crippen LogP contribution in [0.2, 0.25) is 0 Å². The molecule has 0 amide bonds. The molecule has 0 radical (unpaired) electrons. The van der Waals surface area contributed by atoms with Gasteiger partial charge in [0.1, 0.15) is 0 Å². The number of hydrogen-bond acceptors (Lipinski definition) is 2. The second kappa shape index (κ2) is 11.6. The highest BCUT2D eigenvalue weighted by Crippen LogP contribution is 2.21. The highest BCUT2D eigenvalue weighted by atomic mass is 16.3. The van der Waals surface area contributed by atoms with Gasteiger partial charge in [0.25, 0.3) is 0 Å². The first kappa shape index (κ1) is 18.0. The molecule has 1 unspecified atom stereocenters. The SMILES string of the molecule is CCCCCCCCCCCCC(O)c1cccc(N)c1. The second-order valence-electron chi connectivity index (χ2n) is 6.16. The third kappa shape index (κ3) is 8.77. The predicted octanol–water partition coefficient (Wildman–Crippen LogP) is 5.61. The molecule has 0 saturated heterocycles. The number of unbranched alkanes of at least 4 members (excludes halogenated alkanes) is 9. The Kier molecular flexibility index (Phi) is 9.98. The first-order chi connectivity index (χ1) is 10.2. The van der Waals surface area contributed by atoms with E-state index in [-0.39, 0.29) is 6.10 Å². The Hall–Kier alpha value is -1.02. The van der Waals surface area contributed by atoms with E-state index in [1.54, 1.807) is 0 Å². The lowest BCUT2D eigenvalue weighted by atomic mass is 10.0. The average Bonchev–Trinajstić information content (AvgIpc) is 2.49. The van der Waals surface area contributed by atoms with Crippen molar-refractivity contribution in [3.8, 4) is 0 Å². The van der Waals surface area contributed by atoms with Gasteiger partial charge in [0, 0.05) is 5.69 Å². The van der Waals surface area contributed by atoms with Crippen LogP contribution in [0.5, 0.6) is 0 Å². The van der Waals surface area contributed by atoms with Crippen molar-refractivity contribution in [2.24, 2.45) is 0 Å². The van der Waals surface area contributed by atoms with Crippen LogP contribution in [0.4, 0.5) is 5.69 Å². The van der Waals surface area contributed by atoms with Gasteiger partial charge < -0.3 is 10.8 Å². The molecule has 2 heteroatoms. The molecule has 0 fully saturated rings. The van der Waals surface area contributed by atoms with Gasteiger partial charge in [0.15, 0.2) is 0 Å². The van der Waals surface area contributed by atoms with Gasteiger partial charge in [-0.3, -0.25) is 0 Å². The molecule has 1 atom stereocenters. The molecule has 1 rings (SSSR count). The highest BCUT2D eigenvalue weighted by molar-refractivity contribution is 5.41. The van der Waals surface area contributed by atoms with E-state index in [0.29, 0.717) is 0 Å². The van der Waals surface area contributed by atoms with E-state index >= 15 is 0 Å². The van der Waals surface area contributed by atoms with E-state index < -0.39 is 0 Å². The molecule has 120 valence electrons. The van der Waals surface area contributed by atoms with Gasteiger partial charge in [-0.1, -0.05) is 83.3 Å². The minimum atomic E-state index is -0.359. The summed E-state index contributed by atoms with van der Waals surface area (Å²) in [6.45, 7) is 2.26. The lowest BCUT2D eigenvalue weighted by molar-refractivity contribution is 0.163. The maximum absolute atomic E-state index is 10.1. The Morgan fingerprint density at radius 3 is 2.05 bits per heavy atom. The summed E-state index contributed by atoms with van der Waals surface area (Å²) in [5.41, 5.74) is 7.42. The zero-order valence-electron chi connectivity index (χ0n) is 13.7. The average molecular weight is 291 g/mol. The number of nitrogens with two attached hydrogens (primary N) is 1. The fraction of sp³-hybridized carbons (Fsp3) is 0.684. The van der Waals surface area contributed by atoms with Gasteiger partial charge >= 0.3 is 0 Å². The first-order valence-electron chi connectivity index (χ1n) is 8.77. The molecular formula is C19H33NO. The van der Waals surface area contributed by atoms with Gasteiger partial charge in [-0.05, 0) is 24.1 Å². The Morgan fingerprint density at radius 2 is 1.48 bits per heavy atom. The molecule has 2 nitrogen and oxygen atoms in total. The maximum atomic E-state index is 10.1. The number of nitrogen functional groups attached to an aromatic ring is 1. The summed E-state index contributed by atoms with van der Waals surface area (Å²) < 4.78 is 0. The molecule has 0 bridgehead atoms. The van der Waals surface area contributed by atoms with E-state index in [2.05, 4.69) is 6.92 Å². The molecule has 0 heterocycles. The topological polar surface area (TPSA) is 46.2 Å². The van der Waals surface area contributed by atoms with E-state index in [9.17, 15) is 5.11 Å². The largest absolute Gasteiger partial charge is 0.399 e. The van der Waals surface area contributed by atoms with Crippen LogP contribution in [0.1, 0.15) is 89.2 Å². The summed E-state index contributed by atoms with van der Waals surface area (Å²) in [4.78, 5) is 0. The van der Waals surface area contributed by atoms with E-state index in [1.165, 1.54) is 57.8 Å². The van der Waals surface area contributed by atoms with E-state index in [1.807, 2.05) is 24.3 Å². The fourth-order valence-electron chi connectivity index (χ4n) is 2.76. The molecule has 0 aliphatic heterocycles. The highest BCUT2D eigenvalue weighted by Gasteiger charge is 2.06. The second-order valence-corrected chi connectivity index (χ2v) is 6.16. The number of benzene rings is 1. The van der Waals surface area contributed by atoms with Crippen molar-refractivity contribution in [3.63, 3.8) is 0 Å². The zero-order valence-corrected chi connectivity index (χ0v) is 13.7. The van der Waals surface area contributed by atoms with Gasteiger partial charge in [-0.2, -0.15) is 0 Å². The van der Waals surface area contributed by atoms with Crippen molar-refractivity contribution in [2.45, 2.75) is 83.7 Å². The van der Waals surface area contributed by atoms with Crippen molar-refractivity contribution in [2.75, 3.05) is 5.73 Å². The molecule has 0 aromatic heterocycles. The first-order valence-corrected chi connectivity index (χ1v) is 8.77. The molecule has 0 aliphatic carbocycles. The molecule has 0 aliphatic rings. The summed E-state index contributed by atoms with van der Waals surface area (Å²) in [5, 5.41) is 10.1. The van der Waals surface area contributed by atoms with Crippen molar-refractivity contribution in [3.05, 3.63) is 29.8 Å². The standard InChI is InChI=1S/C19H33NO/c1-2-3-4-5-6-7-8-9-10-11-15-19(21)17-13-12-14-18(20)16-17/h12-14,16,19,21H,2-11,15,20H2,1H3. The van der Waals surface area contributed by atoms with Crippen LogP contribution >= 0.6 is 0 Å². The smallest absolute Gasteiger partial charge is 0.0790 e. The Balaban J connectivity index is 1.96. The summed E-state index contributed by atoms with van der Waals surface area (Å²) in [6, 6.07) is 7.60. The molecule has 3 N–H and O–H groups in total. The number of hydrogen-bond donors (Lipinski definition) is 2. The number of aliphatic hydroxyl groups is 1. The molecule has 0 spiro atoms. The molecule has 21 heavy (non-hydrogen) atoms. The maximum Gasteiger partial charge on any atom is 0.0790 e. The molecule has 1 aromatic carbocycles. The van der Waals surface area contributed by atoms with Crippen molar-refractivity contribution >= 4 is 5.69 Å². The minimum absolute atomic E-state index is 0.359. The Bertz CT molecular complexity index is 364. The lowest BCUT2D eigenvalue weighted by Gasteiger charge is -2.11. The van der Waals surface area contributed by atoms with Crippen LogP contribution in [-0.2, 0) is 0 Å². The monoisotopic (exact) mass is 291 g/mol. The normalized spacial score (nSPS) is 12.5. The Morgan fingerprint density at radius 1 is 0.905 bits per heavy atom. The van der Waals surface area contributed by atoms with Crippen molar-refractivity contribution < 1.29 is 5.11 Å². The van der Waals surface area contributed by atoms with Crippen LogP contribution in [-0.4, -0.2) is 5.11 Å². The third-order valence-corrected chi connectivity index (χ3v) is 4.13. The van der Waals surface area contributed by atoms with Gasteiger partial charge in [-0.25, -0.2) is 0 Å². The Labute approximate surface area is 130 Å². The number of aliphatic hydroxyl groups excluding tert-OH is 1. The van der Waals surface area contributed by atoms with Crippen molar-refractivity contribution in [1.82, 2.24) is 0 Å².